The molecular weight excluding hydrogens is 284 g/mol. The molecule has 1 aliphatic heterocycles. The van der Waals surface area contributed by atoms with Crippen LogP contribution in [0.3, 0.4) is 0 Å². The molecule has 3 heterocycles. The number of hydrogen-bond acceptors (Lipinski definition) is 5. The first-order valence-corrected chi connectivity index (χ1v) is 6.76. The normalized spacial score (nSPS) is 12.5. The zero-order chi connectivity index (χ0) is 14.9. The van der Waals surface area contributed by atoms with Gasteiger partial charge in [0.25, 0.3) is 5.91 Å². The fraction of sp³-hybridized carbons (Fsp3) is 0.133. The summed E-state index contributed by atoms with van der Waals surface area (Å²) in [5, 5.41) is 10.4. The molecule has 0 atom stereocenters. The van der Waals surface area contributed by atoms with Crippen molar-refractivity contribution in [3.63, 3.8) is 0 Å². The third-order valence-electron chi connectivity index (χ3n) is 3.47. The zero-order valence-electron chi connectivity index (χ0n) is 11.5. The van der Waals surface area contributed by atoms with Crippen LogP contribution in [0.5, 0.6) is 11.5 Å². The fourth-order valence-corrected chi connectivity index (χ4v) is 2.35. The molecule has 7 heteroatoms. The van der Waals surface area contributed by atoms with Crippen LogP contribution in [0.15, 0.2) is 36.7 Å². The molecule has 1 amide bonds. The number of hydrogen-bond donors (Lipinski definition) is 2. The Hall–Kier alpha value is -3.09. The van der Waals surface area contributed by atoms with Crippen LogP contribution in [-0.2, 0) is 6.54 Å². The van der Waals surface area contributed by atoms with Gasteiger partial charge in [-0.15, -0.1) is 0 Å². The van der Waals surface area contributed by atoms with Gasteiger partial charge in [0, 0.05) is 18.9 Å². The molecule has 0 spiro atoms. The molecule has 0 aliphatic carbocycles. The highest BCUT2D eigenvalue weighted by Crippen LogP contribution is 2.32. The summed E-state index contributed by atoms with van der Waals surface area (Å²) < 4.78 is 10.6. The number of rotatable bonds is 3. The molecule has 1 aromatic carbocycles. The second-order valence-corrected chi connectivity index (χ2v) is 4.86. The average molecular weight is 296 g/mol. The highest BCUT2D eigenvalue weighted by molar-refractivity contribution is 6.04. The summed E-state index contributed by atoms with van der Waals surface area (Å²) in [6, 6.07) is 7.35. The summed E-state index contributed by atoms with van der Waals surface area (Å²) in [4.78, 5) is 16.3. The van der Waals surface area contributed by atoms with Crippen molar-refractivity contribution in [2.24, 2.45) is 0 Å². The Balaban J connectivity index is 1.50. The molecule has 22 heavy (non-hydrogen) atoms. The lowest BCUT2D eigenvalue weighted by atomic mass is 10.2. The molecule has 1 aliphatic rings. The quantitative estimate of drug-likeness (QED) is 0.766. The SMILES string of the molecule is O=C(NCc1ccc2c(c1)OCO2)c1n[nH]c2ccncc12. The van der Waals surface area contributed by atoms with Crippen molar-refractivity contribution in [3.8, 4) is 11.5 Å². The Labute approximate surface area is 125 Å². The number of fused-ring (bicyclic) bond motifs is 2. The standard InChI is InChI=1S/C15H12N4O3/c20-15(14-10-7-16-4-3-11(10)18-19-14)17-6-9-1-2-12-13(5-9)22-8-21-12/h1-5,7H,6,8H2,(H,17,20)(H,18,19). The maximum atomic E-state index is 12.2. The average Bonchev–Trinajstić information content (AvgIpc) is 3.18. The molecule has 0 unspecified atom stereocenters. The van der Waals surface area contributed by atoms with Gasteiger partial charge in [0.15, 0.2) is 17.2 Å². The first kappa shape index (κ1) is 12.6. The summed E-state index contributed by atoms with van der Waals surface area (Å²) in [5.41, 5.74) is 2.04. The molecule has 110 valence electrons. The molecule has 0 fully saturated rings. The summed E-state index contributed by atoms with van der Waals surface area (Å²) in [6.07, 6.45) is 3.27. The van der Waals surface area contributed by atoms with E-state index in [4.69, 9.17) is 9.47 Å². The number of ether oxygens (including phenoxy) is 2. The second-order valence-electron chi connectivity index (χ2n) is 4.86. The predicted octanol–water partition coefficient (Wildman–Crippen LogP) is 1.62. The van der Waals surface area contributed by atoms with Gasteiger partial charge in [-0.05, 0) is 23.8 Å². The van der Waals surface area contributed by atoms with Crippen LogP contribution in [0.2, 0.25) is 0 Å². The topological polar surface area (TPSA) is 89.1 Å². The number of carbonyl (C=O) groups excluding carboxylic acids is 1. The van der Waals surface area contributed by atoms with Crippen molar-refractivity contribution >= 4 is 16.8 Å². The van der Waals surface area contributed by atoms with Gasteiger partial charge in [-0.2, -0.15) is 5.10 Å². The van der Waals surface area contributed by atoms with E-state index in [1.165, 1.54) is 0 Å². The van der Waals surface area contributed by atoms with E-state index in [0.29, 0.717) is 23.4 Å². The Morgan fingerprint density at radius 3 is 3.14 bits per heavy atom. The Kier molecular flexibility index (Phi) is 2.89. The van der Waals surface area contributed by atoms with E-state index in [9.17, 15) is 4.79 Å². The molecule has 0 saturated carbocycles. The molecule has 7 nitrogen and oxygen atoms in total. The monoisotopic (exact) mass is 296 g/mol. The Morgan fingerprint density at radius 2 is 2.18 bits per heavy atom. The number of nitrogens with one attached hydrogen (secondary N) is 2. The van der Waals surface area contributed by atoms with Crippen molar-refractivity contribution in [2.75, 3.05) is 6.79 Å². The van der Waals surface area contributed by atoms with E-state index in [1.54, 1.807) is 18.5 Å². The summed E-state index contributed by atoms with van der Waals surface area (Å²) in [5.74, 6) is 1.16. The number of benzene rings is 1. The number of aromatic amines is 1. The number of amides is 1. The summed E-state index contributed by atoms with van der Waals surface area (Å²) >= 11 is 0. The van der Waals surface area contributed by atoms with Gasteiger partial charge in [-0.25, -0.2) is 0 Å². The Morgan fingerprint density at radius 1 is 1.27 bits per heavy atom. The molecule has 4 rings (SSSR count). The molecule has 0 bridgehead atoms. The van der Waals surface area contributed by atoms with Crippen LogP contribution < -0.4 is 14.8 Å². The largest absolute Gasteiger partial charge is 0.454 e. The van der Waals surface area contributed by atoms with Crippen molar-refractivity contribution in [1.82, 2.24) is 20.5 Å². The lowest BCUT2D eigenvalue weighted by Gasteiger charge is -2.05. The Bertz CT molecular complexity index is 859. The van der Waals surface area contributed by atoms with E-state index in [-0.39, 0.29) is 12.7 Å². The van der Waals surface area contributed by atoms with Crippen molar-refractivity contribution in [1.29, 1.82) is 0 Å². The molecule has 2 aromatic heterocycles. The number of nitrogens with zero attached hydrogens (tertiary/aromatic N) is 2. The van der Waals surface area contributed by atoms with Gasteiger partial charge < -0.3 is 14.8 Å². The number of H-pyrrole nitrogens is 1. The van der Waals surface area contributed by atoms with Gasteiger partial charge in [-0.1, -0.05) is 6.07 Å². The lowest BCUT2D eigenvalue weighted by Crippen LogP contribution is -2.23. The van der Waals surface area contributed by atoms with Crippen LogP contribution in [0, 0.1) is 0 Å². The third kappa shape index (κ3) is 2.12. The number of carbonyl (C=O) groups is 1. The summed E-state index contributed by atoms with van der Waals surface area (Å²) in [7, 11) is 0. The smallest absolute Gasteiger partial charge is 0.272 e. The molecule has 3 aromatic rings. The van der Waals surface area contributed by atoms with Crippen LogP contribution in [0.4, 0.5) is 0 Å². The van der Waals surface area contributed by atoms with Gasteiger partial charge in [0.2, 0.25) is 6.79 Å². The van der Waals surface area contributed by atoms with E-state index < -0.39 is 0 Å². The van der Waals surface area contributed by atoms with E-state index in [1.807, 2.05) is 18.2 Å². The maximum Gasteiger partial charge on any atom is 0.272 e. The minimum Gasteiger partial charge on any atom is -0.454 e. The van der Waals surface area contributed by atoms with Gasteiger partial charge in [0.1, 0.15) is 0 Å². The van der Waals surface area contributed by atoms with Crippen LogP contribution in [0.1, 0.15) is 16.1 Å². The fourth-order valence-electron chi connectivity index (χ4n) is 2.35. The first-order chi connectivity index (χ1) is 10.8. The number of pyridine rings is 1. The zero-order valence-corrected chi connectivity index (χ0v) is 11.5. The lowest BCUT2D eigenvalue weighted by molar-refractivity contribution is 0.0947. The van der Waals surface area contributed by atoms with E-state index >= 15 is 0 Å². The van der Waals surface area contributed by atoms with Crippen LogP contribution in [-0.4, -0.2) is 27.9 Å². The van der Waals surface area contributed by atoms with Crippen molar-refractivity contribution in [2.45, 2.75) is 6.54 Å². The van der Waals surface area contributed by atoms with Gasteiger partial charge >= 0.3 is 0 Å². The number of aromatic nitrogens is 3. The molecular formula is C15H12N4O3. The van der Waals surface area contributed by atoms with Crippen LogP contribution in [0.25, 0.3) is 10.9 Å². The van der Waals surface area contributed by atoms with Crippen molar-refractivity contribution < 1.29 is 14.3 Å². The third-order valence-corrected chi connectivity index (χ3v) is 3.47. The highest BCUT2D eigenvalue weighted by atomic mass is 16.7. The molecule has 0 radical (unpaired) electrons. The minimum absolute atomic E-state index is 0.234. The van der Waals surface area contributed by atoms with Crippen molar-refractivity contribution in [3.05, 3.63) is 47.9 Å². The highest BCUT2D eigenvalue weighted by Gasteiger charge is 2.16. The van der Waals surface area contributed by atoms with E-state index in [0.717, 1.165) is 16.8 Å². The summed E-state index contributed by atoms with van der Waals surface area (Å²) in [6.45, 7) is 0.613. The molecule has 2 N–H and O–H groups in total. The minimum atomic E-state index is -0.253. The van der Waals surface area contributed by atoms with Gasteiger partial charge in [-0.3, -0.25) is 14.9 Å². The van der Waals surface area contributed by atoms with E-state index in [2.05, 4.69) is 20.5 Å². The molecule has 0 saturated heterocycles. The maximum absolute atomic E-state index is 12.2. The second kappa shape index (κ2) is 5.03. The van der Waals surface area contributed by atoms with Crippen LogP contribution >= 0.6 is 0 Å². The van der Waals surface area contributed by atoms with Gasteiger partial charge in [0.05, 0.1) is 10.9 Å². The predicted molar refractivity (Wildman–Crippen MR) is 77.6 cm³/mol. The first-order valence-electron chi connectivity index (χ1n) is 6.76.